The standard InChI is InChI=1S/C15H18N2O5/c1-9-6-7-10(17(21)22)8-13(9)16-14(18)11-4-2-3-5-12(11)15(19)20/h6-8,11-12H,2-5H2,1H3,(H,16,18)(H,19,20)/p-1/t11-,12-/m1/s1. The normalized spacial score (nSPS) is 21.1. The van der Waals surface area contributed by atoms with E-state index in [9.17, 15) is 24.8 Å². The summed E-state index contributed by atoms with van der Waals surface area (Å²) in [5.41, 5.74) is 0.891. The molecular weight excluding hydrogens is 288 g/mol. The molecule has 1 aliphatic rings. The molecule has 7 heteroatoms. The lowest BCUT2D eigenvalue weighted by molar-refractivity contribution is -0.384. The second kappa shape index (κ2) is 6.55. The largest absolute Gasteiger partial charge is 0.550 e. The fourth-order valence-corrected chi connectivity index (χ4v) is 2.81. The number of carbonyl (C=O) groups excluding carboxylic acids is 2. The summed E-state index contributed by atoms with van der Waals surface area (Å²) < 4.78 is 0. The van der Waals surface area contributed by atoms with Crippen LogP contribution in [-0.4, -0.2) is 16.8 Å². The van der Waals surface area contributed by atoms with Crippen molar-refractivity contribution in [3.8, 4) is 0 Å². The summed E-state index contributed by atoms with van der Waals surface area (Å²) in [5, 5.41) is 24.6. The van der Waals surface area contributed by atoms with Gasteiger partial charge in [-0.2, -0.15) is 0 Å². The molecule has 7 nitrogen and oxygen atoms in total. The van der Waals surface area contributed by atoms with Gasteiger partial charge >= 0.3 is 0 Å². The summed E-state index contributed by atoms with van der Waals surface area (Å²) >= 11 is 0. The second-order valence-corrected chi connectivity index (χ2v) is 5.56. The van der Waals surface area contributed by atoms with Gasteiger partial charge in [0, 0.05) is 29.9 Å². The molecule has 1 fully saturated rings. The first-order valence-electron chi connectivity index (χ1n) is 7.17. The molecular formula is C15H17N2O5-. The number of hydrogen-bond donors (Lipinski definition) is 1. The SMILES string of the molecule is Cc1ccc([N+](=O)[O-])cc1NC(=O)[C@@H]1CCCC[C@H]1C(=O)[O-]. The number of anilines is 1. The number of amides is 1. The summed E-state index contributed by atoms with van der Waals surface area (Å²) in [4.78, 5) is 33.8. The van der Waals surface area contributed by atoms with E-state index in [-0.39, 0.29) is 5.69 Å². The molecule has 1 aromatic rings. The number of benzene rings is 1. The van der Waals surface area contributed by atoms with Crippen LogP contribution in [0.25, 0.3) is 0 Å². The van der Waals surface area contributed by atoms with Crippen molar-refractivity contribution >= 4 is 23.3 Å². The predicted molar refractivity (Wildman–Crippen MR) is 76.9 cm³/mol. The lowest BCUT2D eigenvalue weighted by atomic mass is 9.78. The number of non-ortho nitro benzene ring substituents is 1. The van der Waals surface area contributed by atoms with Crippen molar-refractivity contribution in [2.24, 2.45) is 11.8 Å². The minimum atomic E-state index is -1.21. The van der Waals surface area contributed by atoms with Crippen LogP contribution in [0.5, 0.6) is 0 Å². The maximum atomic E-state index is 12.3. The summed E-state index contributed by atoms with van der Waals surface area (Å²) in [7, 11) is 0. The van der Waals surface area contributed by atoms with Crippen LogP contribution in [0.2, 0.25) is 0 Å². The van der Waals surface area contributed by atoms with Gasteiger partial charge in [0.15, 0.2) is 0 Å². The van der Waals surface area contributed by atoms with Crippen LogP contribution >= 0.6 is 0 Å². The van der Waals surface area contributed by atoms with Gasteiger partial charge in [-0.1, -0.05) is 18.9 Å². The van der Waals surface area contributed by atoms with E-state index < -0.39 is 28.6 Å². The highest BCUT2D eigenvalue weighted by atomic mass is 16.6. The van der Waals surface area contributed by atoms with Crippen LogP contribution in [0.15, 0.2) is 18.2 Å². The second-order valence-electron chi connectivity index (χ2n) is 5.56. The first-order valence-corrected chi connectivity index (χ1v) is 7.17. The van der Waals surface area contributed by atoms with Crippen LogP contribution in [0.3, 0.4) is 0 Å². The van der Waals surface area contributed by atoms with E-state index in [2.05, 4.69) is 5.32 Å². The molecule has 0 saturated heterocycles. The number of nitro groups is 1. The summed E-state index contributed by atoms with van der Waals surface area (Å²) in [5.74, 6) is -3.08. The van der Waals surface area contributed by atoms with E-state index in [1.54, 1.807) is 13.0 Å². The average molecular weight is 305 g/mol. The van der Waals surface area contributed by atoms with Crippen molar-refractivity contribution in [3.63, 3.8) is 0 Å². The van der Waals surface area contributed by atoms with E-state index in [1.807, 2.05) is 0 Å². The molecule has 22 heavy (non-hydrogen) atoms. The van der Waals surface area contributed by atoms with Gasteiger partial charge in [0.25, 0.3) is 5.69 Å². The number of carboxylic acid groups (broad SMARTS) is 1. The van der Waals surface area contributed by atoms with Crippen molar-refractivity contribution < 1.29 is 19.6 Å². The topological polar surface area (TPSA) is 112 Å². The number of aryl methyl sites for hydroxylation is 1. The van der Waals surface area contributed by atoms with Crippen LogP contribution in [0.4, 0.5) is 11.4 Å². The summed E-state index contributed by atoms with van der Waals surface area (Å²) in [6.45, 7) is 1.72. The third-order valence-corrected chi connectivity index (χ3v) is 4.10. The Hall–Kier alpha value is -2.44. The van der Waals surface area contributed by atoms with Gasteiger partial charge in [-0.15, -0.1) is 0 Å². The van der Waals surface area contributed by atoms with Crippen LogP contribution in [0, 0.1) is 28.9 Å². The lowest BCUT2D eigenvalue weighted by Crippen LogP contribution is -2.42. The van der Waals surface area contributed by atoms with Gasteiger partial charge in [-0.25, -0.2) is 0 Å². The Balaban J connectivity index is 2.19. The fraction of sp³-hybridized carbons (Fsp3) is 0.467. The monoisotopic (exact) mass is 305 g/mol. The number of nitrogens with zero attached hydrogens (tertiary/aromatic N) is 1. The van der Waals surface area contributed by atoms with E-state index in [1.165, 1.54) is 12.1 Å². The molecule has 0 aromatic heterocycles. The van der Waals surface area contributed by atoms with E-state index in [4.69, 9.17) is 0 Å². The quantitative estimate of drug-likeness (QED) is 0.667. The van der Waals surface area contributed by atoms with Crippen LogP contribution in [-0.2, 0) is 9.59 Å². The molecule has 2 rings (SSSR count). The number of nitrogens with one attached hydrogen (secondary N) is 1. The van der Waals surface area contributed by atoms with Gasteiger partial charge in [-0.05, 0) is 25.3 Å². The smallest absolute Gasteiger partial charge is 0.271 e. The number of hydrogen-bond acceptors (Lipinski definition) is 5. The molecule has 1 amide bonds. The predicted octanol–water partition coefficient (Wildman–Crippen LogP) is 1.40. The molecule has 0 bridgehead atoms. The molecule has 1 aromatic carbocycles. The zero-order valence-electron chi connectivity index (χ0n) is 12.2. The first-order chi connectivity index (χ1) is 10.4. The number of carbonyl (C=O) groups is 2. The van der Waals surface area contributed by atoms with Gasteiger partial charge < -0.3 is 15.2 Å². The van der Waals surface area contributed by atoms with E-state index in [0.717, 1.165) is 12.8 Å². The van der Waals surface area contributed by atoms with Crippen molar-refractivity contribution in [1.29, 1.82) is 0 Å². The maximum Gasteiger partial charge on any atom is 0.271 e. The van der Waals surface area contributed by atoms with Crippen molar-refractivity contribution in [1.82, 2.24) is 0 Å². The number of aliphatic carboxylic acids is 1. The highest BCUT2D eigenvalue weighted by molar-refractivity contribution is 5.95. The minimum absolute atomic E-state index is 0.124. The van der Waals surface area contributed by atoms with Gasteiger partial charge in [0.05, 0.1) is 10.6 Å². The molecule has 1 aliphatic carbocycles. The van der Waals surface area contributed by atoms with Crippen molar-refractivity contribution in [2.75, 3.05) is 5.32 Å². The Labute approximate surface area is 127 Å². The molecule has 2 atom stereocenters. The van der Waals surface area contributed by atoms with Gasteiger partial charge in [-0.3, -0.25) is 14.9 Å². The van der Waals surface area contributed by atoms with Crippen molar-refractivity contribution in [2.45, 2.75) is 32.6 Å². The fourth-order valence-electron chi connectivity index (χ4n) is 2.81. The Morgan fingerprint density at radius 2 is 1.86 bits per heavy atom. The first kappa shape index (κ1) is 15.9. The zero-order valence-corrected chi connectivity index (χ0v) is 12.2. The number of carboxylic acids is 1. The Kier molecular flexibility index (Phi) is 4.75. The average Bonchev–Trinajstić information content (AvgIpc) is 2.49. The molecule has 0 unspecified atom stereocenters. The number of nitro benzene ring substituents is 1. The van der Waals surface area contributed by atoms with Crippen LogP contribution in [0.1, 0.15) is 31.2 Å². The summed E-state index contributed by atoms with van der Waals surface area (Å²) in [6, 6.07) is 4.19. The van der Waals surface area contributed by atoms with Gasteiger partial charge in [0.1, 0.15) is 0 Å². The van der Waals surface area contributed by atoms with E-state index in [0.29, 0.717) is 24.1 Å². The molecule has 1 N–H and O–H groups in total. The minimum Gasteiger partial charge on any atom is -0.550 e. The molecule has 0 spiro atoms. The molecule has 118 valence electrons. The Morgan fingerprint density at radius 1 is 1.23 bits per heavy atom. The molecule has 1 saturated carbocycles. The third-order valence-electron chi connectivity index (χ3n) is 4.10. The molecule has 0 heterocycles. The van der Waals surface area contributed by atoms with E-state index >= 15 is 0 Å². The van der Waals surface area contributed by atoms with Crippen LogP contribution < -0.4 is 10.4 Å². The Morgan fingerprint density at radius 3 is 2.45 bits per heavy atom. The highest BCUT2D eigenvalue weighted by Gasteiger charge is 2.32. The third kappa shape index (κ3) is 3.41. The molecule has 0 aliphatic heterocycles. The zero-order chi connectivity index (χ0) is 16.3. The maximum absolute atomic E-state index is 12.3. The molecule has 0 radical (unpaired) electrons. The number of rotatable bonds is 4. The van der Waals surface area contributed by atoms with Crippen molar-refractivity contribution in [3.05, 3.63) is 33.9 Å². The van der Waals surface area contributed by atoms with Gasteiger partial charge in [0.2, 0.25) is 5.91 Å². The Bertz CT molecular complexity index is 614. The highest BCUT2D eigenvalue weighted by Crippen LogP contribution is 2.31. The summed E-state index contributed by atoms with van der Waals surface area (Å²) in [6.07, 6.45) is 2.46. The lowest BCUT2D eigenvalue weighted by Gasteiger charge is -2.31.